The van der Waals surface area contributed by atoms with Crippen LogP contribution in [0.25, 0.3) is 0 Å². The zero-order chi connectivity index (χ0) is 11.7. The monoisotopic (exact) mass is 217 g/mol. The van der Waals surface area contributed by atoms with Crippen molar-refractivity contribution in [2.45, 2.75) is 45.1 Å². The molecule has 0 aromatic heterocycles. The van der Waals surface area contributed by atoms with Gasteiger partial charge in [-0.15, -0.1) is 0 Å². The van der Waals surface area contributed by atoms with Gasteiger partial charge < -0.3 is 15.1 Å². The van der Waals surface area contributed by atoms with E-state index in [1.54, 1.807) is 6.92 Å². The van der Waals surface area contributed by atoms with Gasteiger partial charge in [0.25, 0.3) is 0 Å². The SMILES string of the molecule is CC(O)CCN(C)CCCCCC(=O)O. The molecular weight excluding hydrogens is 194 g/mol. The Morgan fingerprint density at radius 3 is 2.47 bits per heavy atom. The molecule has 0 rings (SSSR count). The first kappa shape index (κ1) is 14.4. The van der Waals surface area contributed by atoms with Crippen LogP contribution in [0.4, 0.5) is 0 Å². The second-order valence-corrected chi connectivity index (χ2v) is 4.15. The van der Waals surface area contributed by atoms with Crippen molar-refractivity contribution in [1.29, 1.82) is 0 Å². The van der Waals surface area contributed by atoms with Gasteiger partial charge in [-0.25, -0.2) is 0 Å². The first-order chi connectivity index (χ1) is 7.02. The van der Waals surface area contributed by atoms with E-state index in [-0.39, 0.29) is 12.5 Å². The average molecular weight is 217 g/mol. The average Bonchev–Trinajstić information content (AvgIpc) is 2.13. The molecule has 15 heavy (non-hydrogen) atoms. The van der Waals surface area contributed by atoms with E-state index in [0.29, 0.717) is 0 Å². The number of nitrogens with zero attached hydrogens (tertiary/aromatic N) is 1. The van der Waals surface area contributed by atoms with Crippen molar-refractivity contribution in [1.82, 2.24) is 4.90 Å². The van der Waals surface area contributed by atoms with Crippen LogP contribution < -0.4 is 0 Å². The molecule has 0 saturated carbocycles. The predicted molar refractivity (Wildman–Crippen MR) is 59.9 cm³/mol. The molecule has 0 bridgehead atoms. The van der Waals surface area contributed by atoms with E-state index in [1.165, 1.54) is 0 Å². The molecule has 0 fully saturated rings. The third-order valence-corrected chi connectivity index (χ3v) is 2.36. The van der Waals surface area contributed by atoms with Crippen molar-refractivity contribution in [3.63, 3.8) is 0 Å². The summed E-state index contributed by atoms with van der Waals surface area (Å²) in [4.78, 5) is 12.4. The zero-order valence-corrected chi connectivity index (χ0v) is 9.78. The van der Waals surface area contributed by atoms with Crippen molar-refractivity contribution in [2.75, 3.05) is 20.1 Å². The zero-order valence-electron chi connectivity index (χ0n) is 9.78. The summed E-state index contributed by atoms with van der Waals surface area (Å²) in [5.41, 5.74) is 0. The summed E-state index contributed by atoms with van der Waals surface area (Å²) in [6.45, 7) is 3.67. The molecule has 1 unspecified atom stereocenters. The fourth-order valence-electron chi connectivity index (χ4n) is 1.35. The Kier molecular flexibility index (Phi) is 8.33. The van der Waals surface area contributed by atoms with E-state index in [9.17, 15) is 4.79 Å². The largest absolute Gasteiger partial charge is 0.481 e. The van der Waals surface area contributed by atoms with Gasteiger partial charge in [0, 0.05) is 13.0 Å². The number of carbonyl (C=O) groups is 1. The standard InChI is InChI=1S/C11H23NO3/c1-10(13)7-9-12(2)8-5-3-4-6-11(14)15/h10,13H,3-9H2,1-2H3,(H,14,15). The summed E-state index contributed by atoms with van der Waals surface area (Å²) in [7, 11) is 2.03. The van der Waals surface area contributed by atoms with Crippen LogP contribution in [-0.4, -0.2) is 47.3 Å². The van der Waals surface area contributed by atoms with Gasteiger partial charge in [-0.1, -0.05) is 6.42 Å². The Bertz CT molecular complexity index is 171. The minimum Gasteiger partial charge on any atom is -0.481 e. The molecular formula is C11H23NO3. The first-order valence-electron chi connectivity index (χ1n) is 5.60. The fraction of sp³-hybridized carbons (Fsp3) is 0.909. The molecule has 0 saturated heterocycles. The fourth-order valence-corrected chi connectivity index (χ4v) is 1.35. The number of hydrogen-bond donors (Lipinski definition) is 2. The van der Waals surface area contributed by atoms with E-state index in [1.807, 2.05) is 7.05 Å². The van der Waals surface area contributed by atoms with E-state index >= 15 is 0 Å². The molecule has 90 valence electrons. The predicted octanol–water partition coefficient (Wildman–Crippen LogP) is 1.33. The lowest BCUT2D eigenvalue weighted by Crippen LogP contribution is -2.23. The van der Waals surface area contributed by atoms with Crippen LogP contribution >= 0.6 is 0 Å². The number of aliphatic carboxylic acids is 1. The van der Waals surface area contributed by atoms with Gasteiger partial charge in [0.05, 0.1) is 6.10 Å². The van der Waals surface area contributed by atoms with Gasteiger partial charge in [-0.2, -0.15) is 0 Å². The minimum absolute atomic E-state index is 0.237. The molecule has 2 N–H and O–H groups in total. The van der Waals surface area contributed by atoms with E-state index in [0.717, 1.165) is 38.8 Å². The number of aliphatic hydroxyl groups excluding tert-OH is 1. The molecule has 0 spiro atoms. The van der Waals surface area contributed by atoms with E-state index < -0.39 is 5.97 Å². The van der Waals surface area contributed by atoms with Crippen LogP contribution in [0.5, 0.6) is 0 Å². The summed E-state index contributed by atoms with van der Waals surface area (Å²) in [6.07, 6.45) is 3.59. The quantitative estimate of drug-likeness (QED) is 0.572. The second kappa shape index (κ2) is 8.68. The third-order valence-electron chi connectivity index (χ3n) is 2.36. The normalized spacial score (nSPS) is 13.1. The lowest BCUT2D eigenvalue weighted by molar-refractivity contribution is -0.137. The Balaban J connectivity index is 3.23. The summed E-state index contributed by atoms with van der Waals surface area (Å²) in [6, 6.07) is 0. The first-order valence-corrected chi connectivity index (χ1v) is 5.60. The molecule has 0 aliphatic heterocycles. The summed E-state index contributed by atoms with van der Waals surface area (Å²) >= 11 is 0. The highest BCUT2D eigenvalue weighted by molar-refractivity contribution is 5.66. The number of unbranched alkanes of at least 4 members (excludes halogenated alkanes) is 2. The Morgan fingerprint density at radius 2 is 1.93 bits per heavy atom. The van der Waals surface area contributed by atoms with Gasteiger partial charge in [-0.3, -0.25) is 4.79 Å². The van der Waals surface area contributed by atoms with Gasteiger partial charge in [0.15, 0.2) is 0 Å². The molecule has 0 aliphatic carbocycles. The van der Waals surface area contributed by atoms with Gasteiger partial charge in [0.2, 0.25) is 0 Å². The van der Waals surface area contributed by atoms with Crippen LogP contribution in [0.2, 0.25) is 0 Å². The smallest absolute Gasteiger partial charge is 0.303 e. The van der Waals surface area contributed by atoms with Crippen molar-refractivity contribution in [3.8, 4) is 0 Å². The summed E-state index contributed by atoms with van der Waals surface area (Å²) in [5.74, 6) is -0.711. The molecule has 0 aliphatic rings. The maximum atomic E-state index is 10.2. The highest BCUT2D eigenvalue weighted by Gasteiger charge is 2.01. The van der Waals surface area contributed by atoms with Crippen LogP contribution in [0.1, 0.15) is 39.0 Å². The third kappa shape index (κ3) is 11.3. The topological polar surface area (TPSA) is 60.8 Å². The van der Waals surface area contributed by atoms with Crippen LogP contribution in [0.15, 0.2) is 0 Å². The molecule has 4 nitrogen and oxygen atoms in total. The van der Waals surface area contributed by atoms with Crippen LogP contribution in [0.3, 0.4) is 0 Å². The highest BCUT2D eigenvalue weighted by atomic mass is 16.4. The van der Waals surface area contributed by atoms with E-state index in [2.05, 4.69) is 4.90 Å². The summed E-state index contributed by atoms with van der Waals surface area (Å²) < 4.78 is 0. The molecule has 0 radical (unpaired) electrons. The van der Waals surface area contributed by atoms with Crippen molar-refractivity contribution in [2.24, 2.45) is 0 Å². The van der Waals surface area contributed by atoms with Gasteiger partial charge in [0.1, 0.15) is 0 Å². The summed E-state index contributed by atoms with van der Waals surface area (Å²) in [5, 5.41) is 17.5. The lowest BCUT2D eigenvalue weighted by Gasteiger charge is -2.17. The van der Waals surface area contributed by atoms with Crippen molar-refractivity contribution >= 4 is 5.97 Å². The molecule has 0 amide bonds. The van der Waals surface area contributed by atoms with Crippen LogP contribution in [0, 0.1) is 0 Å². The molecule has 0 heterocycles. The van der Waals surface area contributed by atoms with Crippen LogP contribution in [-0.2, 0) is 4.79 Å². The van der Waals surface area contributed by atoms with E-state index in [4.69, 9.17) is 10.2 Å². The Hall–Kier alpha value is -0.610. The number of carboxylic acid groups (broad SMARTS) is 1. The Labute approximate surface area is 91.9 Å². The number of rotatable bonds is 9. The minimum atomic E-state index is -0.711. The number of carboxylic acids is 1. The van der Waals surface area contributed by atoms with Crippen molar-refractivity contribution in [3.05, 3.63) is 0 Å². The van der Waals surface area contributed by atoms with Gasteiger partial charge >= 0.3 is 5.97 Å². The second-order valence-electron chi connectivity index (χ2n) is 4.15. The number of hydrogen-bond acceptors (Lipinski definition) is 3. The molecule has 1 atom stereocenters. The maximum absolute atomic E-state index is 10.2. The van der Waals surface area contributed by atoms with Gasteiger partial charge in [-0.05, 0) is 39.8 Å². The Morgan fingerprint density at radius 1 is 1.27 bits per heavy atom. The maximum Gasteiger partial charge on any atom is 0.303 e. The lowest BCUT2D eigenvalue weighted by atomic mass is 10.2. The molecule has 4 heteroatoms. The molecule has 0 aromatic rings. The highest BCUT2D eigenvalue weighted by Crippen LogP contribution is 2.02. The van der Waals surface area contributed by atoms with Crippen molar-refractivity contribution < 1.29 is 15.0 Å². The molecule has 0 aromatic carbocycles. The number of aliphatic hydroxyl groups is 1.